The maximum atomic E-state index is 7.29. The first-order valence-corrected chi connectivity index (χ1v) is 18.7. The minimum Gasteiger partial charge on any atom is -0.489 e. The van der Waals surface area contributed by atoms with Crippen LogP contribution in [0.1, 0.15) is 130 Å². The molecule has 0 saturated heterocycles. The van der Waals surface area contributed by atoms with E-state index < -0.39 is 0 Å². The highest BCUT2D eigenvalue weighted by Crippen LogP contribution is 2.57. The van der Waals surface area contributed by atoms with Crippen LogP contribution in [0, 0.1) is 0 Å². The lowest BCUT2D eigenvalue weighted by Crippen LogP contribution is -2.33. The normalized spacial score (nSPS) is 26.7. The highest BCUT2D eigenvalue weighted by molar-refractivity contribution is 5.85. The molecule has 0 fully saturated rings. The van der Waals surface area contributed by atoms with Crippen molar-refractivity contribution in [2.75, 3.05) is 0 Å². The monoisotopic (exact) mass is 622 g/mol. The van der Waals surface area contributed by atoms with Gasteiger partial charge in [0.15, 0.2) is 0 Å². The van der Waals surface area contributed by atoms with Gasteiger partial charge in [0.05, 0.1) is 0 Å². The summed E-state index contributed by atoms with van der Waals surface area (Å²) >= 11 is 0. The fraction of sp³-hybridized carbons (Fsp3) is 0.319. The molecule has 4 atom stereocenters. The molecule has 0 spiro atoms. The lowest BCUT2D eigenvalue weighted by molar-refractivity contribution is 0.159. The van der Waals surface area contributed by atoms with Crippen molar-refractivity contribution in [2.45, 2.75) is 94.5 Å². The van der Waals surface area contributed by atoms with E-state index in [4.69, 9.17) is 4.74 Å². The van der Waals surface area contributed by atoms with Crippen LogP contribution in [0.15, 0.2) is 90.1 Å². The van der Waals surface area contributed by atoms with Gasteiger partial charge in [-0.2, -0.15) is 0 Å². The first kappa shape index (κ1) is 27.6. The molecule has 1 heteroatoms. The second-order valence-electron chi connectivity index (χ2n) is 15.4. The molecule has 0 radical (unpaired) electrons. The third kappa shape index (κ3) is 3.91. The molecule has 11 rings (SSSR count). The molecule has 0 saturated carbocycles. The third-order valence-corrected chi connectivity index (χ3v) is 13.2. The molecule has 4 unspecified atom stereocenters. The Kier molecular flexibility index (Phi) is 6.07. The number of rotatable bonds is 2. The van der Waals surface area contributed by atoms with E-state index in [1.165, 1.54) is 101 Å². The van der Waals surface area contributed by atoms with E-state index in [0.29, 0.717) is 17.8 Å². The molecule has 3 aromatic rings. The minimum atomic E-state index is 0.103. The van der Waals surface area contributed by atoms with Gasteiger partial charge >= 0.3 is 0 Å². The van der Waals surface area contributed by atoms with Gasteiger partial charge in [-0.25, -0.2) is 0 Å². The van der Waals surface area contributed by atoms with Crippen molar-refractivity contribution in [3.8, 4) is 5.75 Å². The predicted octanol–water partition coefficient (Wildman–Crippen LogP) is 11.6. The standard InChI is InChI=1S/C47H42O/c1-3-11-31-28(8-1)18-21-38-34-14-6-16-42(40(34)25-23-36(31)38)46-45-33-13-5-10-30(33)20-27-44(45)48-47(46)43-17-7-15-35-39-22-19-29-9-2-4-12-32(29)37(39)24-26-41(35)43/h3-7,11-15,20,23-27,42-43,46-47H,1-2,8-10,16-19,21-22H2. The zero-order valence-corrected chi connectivity index (χ0v) is 27.7. The smallest absolute Gasteiger partial charge is 0.124 e. The Labute approximate surface area is 284 Å². The maximum absolute atomic E-state index is 7.29. The minimum absolute atomic E-state index is 0.103. The number of hydrogen-bond acceptors (Lipinski definition) is 1. The molecule has 8 aliphatic rings. The molecule has 0 bridgehead atoms. The highest BCUT2D eigenvalue weighted by Gasteiger charge is 2.47. The molecule has 236 valence electrons. The van der Waals surface area contributed by atoms with Crippen LogP contribution in [0.3, 0.4) is 0 Å². The Morgan fingerprint density at radius 2 is 1.15 bits per heavy atom. The Morgan fingerprint density at radius 3 is 1.83 bits per heavy atom. The fourth-order valence-electron chi connectivity index (χ4n) is 11.0. The number of ether oxygens (including phenoxy) is 1. The average molecular weight is 623 g/mol. The molecular formula is C47H42O. The van der Waals surface area contributed by atoms with E-state index in [1.807, 2.05) is 0 Å². The van der Waals surface area contributed by atoms with Crippen LogP contribution in [-0.4, -0.2) is 6.10 Å². The quantitative estimate of drug-likeness (QED) is 0.276. The van der Waals surface area contributed by atoms with E-state index in [2.05, 4.69) is 97.2 Å². The van der Waals surface area contributed by atoms with E-state index in [9.17, 15) is 0 Å². The van der Waals surface area contributed by atoms with Gasteiger partial charge in [-0.3, -0.25) is 0 Å². The van der Waals surface area contributed by atoms with Crippen LogP contribution in [0.25, 0.3) is 29.4 Å². The summed E-state index contributed by atoms with van der Waals surface area (Å²) in [4.78, 5) is 0. The molecule has 0 aromatic heterocycles. The molecule has 1 nitrogen and oxygen atoms in total. The summed E-state index contributed by atoms with van der Waals surface area (Å²) in [5.41, 5.74) is 22.9. The van der Waals surface area contributed by atoms with Crippen LogP contribution in [-0.2, 0) is 19.3 Å². The van der Waals surface area contributed by atoms with Crippen molar-refractivity contribution >= 4 is 29.4 Å². The van der Waals surface area contributed by atoms with Gasteiger partial charge in [-0.1, -0.05) is 102 Å². The summed E-state index contributed by atoms with van der Waals surface area (Å²) in [6, 6.07) is 14.6. The topological polar surface area (TPSA) is 9.23 Å². The van der Waals surface area contributed by atoms with Crippen molar-refractivity contribution < 1.29 is 4.74 Å². The molecule has 3 aromatic carbocycles. The molecule has 0 N–H and O–H groups in total. The summed E-state index contributed by atoms with van der Waals surface area (Å²) in [5, 5.41) is 0. The van der Waals surface area contributed by atoms with Crippen molar-refractivity contribution in [1.29, 1.82) is 0 Å². The first-order chi connectivity index (χ1) is 23.8. The maximum Gasteiger partial charge on any atom is 0.124 e. The van der Waals surface area contributed by atoms with E-state index in [0.717, 1.165) is 31.4 Å². The molecule has 0 amide bonds. The second-order valence-corrected chi connectivity index (χ2v) is 15.4. The lowest BCUT2D eigenvalue weighted by atomic mass is 9.66. The Bertz CT molecular complexity index is 2150. The zero-order valence-electron chi connectivity index (χ0n) is 27.7. The van der Waals surface area contributed by atoms with E-state index in [1.54, 1.807) is 27.8 Å². The van der Waals surface area contributed by atoms with Crippen LogP contribution < -0.4 is 4.74 Å². The average Bonchev–Trinajstić information content (AvgIpc) is 3.79. The molecular weight excluding hydrogens is 581 g/mol. The van der Waals surface area contributed by atoms with Crippen LogP contribution in [0.2, 0.25) is 0 Å². The van der Waals surface area contributed by atoms with Crippen LogP contribution >= 0.6 is 0 Å². The summed E-state index contributed by atoms with van der Waals surface area (Å²) in [7, 11) is 0. The van der Waals surface area contributed by atoms with Crippen molar-refractivity contribution in [1.82, 2.24) is 0 Å². The van der Waals surface area contributed by atoms with Crippen molar-refractivity contribution in [3.05, 3.63) is 151 Å². The van der Waals surface area contributed by atoms with Crippen LogP contribution in [0.5, 0.6) is 5.75 Å². The van der Waals surface area contributed by atoms with Crippen molar-refractivity contribution in [3.63, 3.8) is 0 Å². The molecule has 7 aliphatic carbocycles. The Hall–Kier alpha value is -4.36. The SMILES string of the molecule is C1=CC2=C(CC1)CCc1c2ccc2c1C=CCC2C1Oc2ccc3c(c2C1C1CC=Cc2c1ccc1c2CCC2=C1C=CCC2)C=CC3. The van der Waals surface area contributed by atoms with Gasteiger partial charge in [0, 0.05) is 17.4 Å². The summed E-state index contributed by atoms with van der Waals surface area (Å²) < 4.78 is 7.29. The van der Waals surface area contributed by atoms with Gasteiger partial charge in [0.1, 0.15) is 11.9 Å². The fourth-order valence-corrected chi connectivity index (χ4v) is 11.0. The summed E-state index contributed by atoms with van der Waals surface area (Å²) in [6.07, 6.45) is 37.1. The van der Waals surface area contributed by atoms with Gasteiger partial charge in [0.2, 0.25) is 0 Å². The zero-order chi connectivity index (χ0) is 31.3. The Balaban J connectivity index is 1.05. The van der Waals surface area contributed by atoms with Gasteiger partial charge in [0.25, 0.3) is 0 Å². The number of hydrogen-bond donors (Lipinski definition) is 0. The summed E-state index contributed by atoms with van der Waals surface area (Å²) in [5.74, 6) is 2.16. The van der Waals surface area contributed by atoms with Gasteiger partial charge in [-0.15, -0.1) is 0 Å². The summed E-state index contributed by atoms with van der Waals surface area (Å²) in [6.45, 7) is 0. The lowest BCUT2D eigenvalue weighted by Gasteiger charge is -2.38. The van der Waals surface area contributed by atoms with Gasteiger partial charge < -0.3 is 4.74 Å². The van der Waals surface area contributed by atoms with Crippen LogP contribution in [0.4, 0.5) is 0 Å². The van der Waals surface area contributed by atoms with Crippen molar-refractivity contribution in [2.24, 2.45) is 0 Å². The third-order valence-electron chi connectivity index (χ3n) is 13.2. The van der Waals surface area contributed by atoms with E-state index in [-0.39, 0.29) is 6.10 Å². The molecule has 48 heavy (non-hydrogen) atoms. The predicted molar refractivity (Wildman–Crippen MR) is 199 cm³/mol. The molecule has 1 aliphatic heterocycles. The van der Waals surface area contributed by atoms with Gasteiger partial charge in [-0.05, 0) is 149 Å². The second kappa shape index (κ2) is 10.6. The number of fused-ring (bicyclic) bond motifs is 11. The Morgan fingerprint density at radius 1 is 0.521 bits per heavy atom. The van der Waals surface area contributed by atoms with E-state index >= 15 is 0 Å². The number of allylic oxidation sites excluding steroid dienone is 11. The highest BCUT2D eigenvalue weighted by atomic mass is 16.5. The first-order valence-electron chi connectivity index (χ1n) is 18.7. The molecule has 1 heterocycles. The largest absolute Gasteiger partial charge is 0.489 e. The number of benzene rings is 3.